The van der Waals surface area contributed by atoms with Crippen molar-refractivity contribution in [1.29, 1.82) is 0 Å². The van der Waals surface area contributed by atoms with Crippen molar-refractivity contribution < 1.29 is 9.53 Å². The number of hydrogen-bond acceptors (Lipinski definition) is 6. The number of carbonyl (C=O) groups is 1. The Hall–Kier alpha value is -2.48. The van der Waals surface area contributed by atoms with Crippen LogP contribution in [0.2, 0.25) is 0 Å². The molecule has 0 bridgehead atoms. The minimum atomic E-state index is -0.00476. The normalized spacial score (nSPS) is 17.1. The topological polar surface area (TPSA) is 76.4 Å². The number of morpholine rings is 1. The molecule has 2 aromatic heterocycles. The van der Waals surface area contributed by atoms with Gasteiger partial charge in [-0.3, -0.25) is 9.48 Å². The highest BCUT2D eigenvalue weighted by molar-refractivity contribution is 5.92. The van der Waals surface area contributed by atoms with E-state index in [2.05, 4.69) is 33.0 Å². The van der Waals surface area contributed by atoms with Crippen molar-refractivity contribution in [3.63, 3.8) is 0 Å². The van der Waals surface area contributed by atoms with E-state index in [1.54, 1.807) is 0 Å². The molecule has 1 fully saturated rings. The lowest BCUT2D eigenvalue weighted by Gasteiger charge is -2.29. The van der Waals surface area contributed by atoms with Crippen LogP contribution in [0.5, 0.6) is 0 Å². The van der Waals surface area contributed by atoms with Gasteiger partial charge in [0.25, 0.3) is 5.91 Å². The van der Waals surface area contributed by atoms with Crippen molar-refractivity contribution in [2.75, 3.05) is 37.7 Å². The number of amides is 1. The van der Waals surface area contributed by atoms with Crippen LogP contribution in [-0.2, 0) is 24.2 Å². The predicted octanol–water partition coefficient (Wildman–Crippen LogP) is 1.43. The Morgan fingerprint density at radius 2 is 1.96 bits per heavy atom. The van der Waals surface area contributed by atoms with Gasteiger partial charge >= 0.3 is 0 Å². The molecule has 0 aliphatic carbocycles. The Kier molecular flexibility index (Phi) is 5.07. The van der Waals surface area contributed by atoms with Crippen LogP contribution in [-0.4, -0.2) is 63.4 Å². The molecule has 0 aromatic carbocycles. The van der Waals surface area contributed by atoms with Gasteiger partial charge in [-0.05, 0) is 19.4 Å². The summed E-state index contributed by atoms with van der Waals surface area (Å²) in [6, 6.07) is 4.01. The number of fused-ring (bicyclic) bond motifs is 1. The number of aryl methyl sites for hydroxylation is 2. The summed E-state index contributed by atoms with van der Waals surface area (Å²) in [5, 5.41) is 4.54. The molecule has 144 valence electrons. The van der Waals surface area contributed by atoms with E-state index in [1.807, 2.05) is 22.6 Å². The lowest BCUT2D eigenvalue weighted by molar-refractivity contribution is 0.0298. The Morgan fingerprint density at radius 3 is 2.74 bits per heavy atom. The fraction of sp³-hybridized carbons (Fsp3) is 0.579. The van der Waals surface area contributed by atoms with Crippen LogP contribution >= 0.6 is 0 Å². The van der Waals surface area contributed by atoms with Gasteiger partial charge in [-0.25, -0.2) is 9.97 Å². The fourth-order valence-electron chi connectivity index (χ4n) is 3.65. The molecule has 4 rings (SSSR count). The molecule has 0 unspecified atom stereocenters. The number of nitrogens with zero attached hydrogens (tertiary/aromatic N) is 6. The molecule has 8 heteroatoms. The summed E-state index contributed by atoms with van der Waals surface area (Å²) in [4.78, 5) is 25.9. The fourth-order valence-corrected chi connectivity index (χ4v) is 3.65. The first kappa shape index (κ1) is 17.9. The molecule has 2 aliphatic heterocycles. The van der Waals surface area contributed by atoms with Crippen LogP contribution in [0.25, 0.3) is 0 Å². The van der Waals surface area contributed by atoms with Gasteiger partial charge in [-0.2, -0.15) is 5.10 Å². The molecule has 4 heterocycles. The average molecular weight is 370 g/mol. The summed E-state index contributed by atoms with van der Waals surface area (Å²) in [6.45, 7) is 8.83. The number of aromatic nitrogens is 4. The SMILES string of the molecule is CCCc1cc(N2CCn3nc(C(=O)N4CCOCC4)cc3C2)nc(C)n1. The summed E-state index contributed by atoms with van der Waals surface area (Å²) in [7, 11) is 0. The zero-order chi connectivity index (χ0) is 18.8. The lowest BCUT2D eigenvalue weighted by atomic mass is 10.2. The molecular formula is C19H26N6O2. The largest absolute Gasteiger partial charge is 0.378 e. The Labute approximate surface area is 159 Å². The van der Waals surface area contributed by atoms with Crippen LogP contribution in [0.1, 0.15) is 41.0 Å². The van der Waals surface area contributed by atoms with E-state index >= 15 is 0 Å². The summed E-state index contributed by atoms with van der Waals surface area (Å²) < 4.78 is 7.28. The number of ether oxygens (including phenoxy) is 1. The van der Waals surface area contributed by atoms with Crippen molar-refractivity contribution in [2.45, 2.75) is 39.8 Å². The summed E-state index contributed by atoms with van der Waals surface area (Å²) >= 11 is 0. The van der Waals surface area contributed by atoms with E-state index in [-0.39, 0.29) is 5.91 Å². The van der Waals surface area contributed by atoms with Gasteiger partial charge in [0.05, 0.1) is 32.0 Å². The van der Waals surface area contributed by atoms with Crippen molar-refractivity contribution in [2.24, 2.45) is 0 Å². The van der Waals surface area contributed by atoms with E-state index in [4.69, 9.17) is 4.74 Å². The van der Waals surface area contributed by atoms with Crippen LogP contribution in [0.3, 0.4) is 0 Å². The highest BCUT2D eigenvalue weighted by Gasteiger charge is 2.25. The second-order valence-corrected chi connectivity index (χ2v) is 7.08. The van der Waals surface area contributed by atoms with Gasteiger partial charge in [0, 0.05) is 31.4 Å². The van der Waals surface area contributed by atoms with Gasteiger partial charge in [-0.15, -0.1) is 0 Å². The second kappa shape index (κ2) is 7.64. The first-order chi connectivity index (χ1) is 13.1. The maximum absolute atomic E-state index is 12.7. The van der Waals surface area contributed by atoms with E-state index in [9.17, 15) is 4.79 Å². The molecule has 2 aliphatic rings. The van der Waals surface area contributed by atoms with Gasteiger partial charge in [0.15, 0.2) is 5.69 Å². The maximum Gasteiger partial charge on any atom is 0.274 e. The monoisotopic (exact) mass is 370 g/mol. The summed E-state index contributed by atoms with van der Waals surface area (Å²) in [5.41, 5.74) is 2.66. The van der Waals surface area contributed by atoms with E-state index < -0.39 is 0 Å². The molecule has 27 heavy (non-hydrogen) atoms. The van der Waals surface area contributed by atoms with Crippen LogP contribution in [0.4, 0.5) is 5.82 Å². The predicted molar refractivity (Wildman–Crippen MR) is 101 cm³/mol. The quantitative estimate of drug-likeness (QED) is 0.810. The second-order valence-electron chi connectivity index (χ2n) is 7.08. The van der Waals surface area contributed by atoms with Crippen molar-refractivity contribution >= 4 is 11.7 Å². The molecule has 0 N–H and O–H groups in total. The summed E-state index contributed by atoms with van der Waals surface area (Å²) in [6.07, 6.45) is 2.02. The average Bonchev–Trinajstić information content (AvgIpc) is 3.11. The highest BCUT2D eigenvalue weighted by Crippen LogP contribution is 2.21. The van der Waals surface area contributed by atoms with Crippen LogP contribution < -0.4 is 4.90 Å². The van der Waals surface area contributed by atoms with Gasteiger partial charge in [0.1, 0.15) is 11.6 Å². The van der Waals surface area contributed by atoms with E-state index in [1.165, 1.54) is 0 Å². The van der Waals surface area contributed by atoms with Crippen LogP contribution in [0, 0.1) is 6.92 Å². The molecule has 8 nitrogen and oxygen atoms in total. The van der Waals surface area contributed by atoms with Crippen molar-refractivity contribution in [1.82, 2.24) is 24.6 Å². The molecule has 2 aromatic rings. The molecule has 1 amide bonds. The summed E-state index contributed by atoms with van der Waals surface area (Å²) in [5.74, 6) is 1.76. The molecule has 0 atom stereocenters. The number of hydrogen-bond donors (Lipinski definition) is 0. The standard InChI is InChI=1S/C19H26N6O2/c1-3-4-15-11-18(21-14(2)20-15)24-5-6-25-16(13-24)12-17(22-25)19(26)23-7-9-27-10-8-23/h11-12H,3-10,13H2,1-2H3. The number of rotatable bonds is 4. The molecule has 0 saturated carbocycles. The first-order valence-corrected chi connectivity index (χ1v) is 9.67. The van der Waals surface area contributed by atoms with Gasteiger partial charge in [-0.1, -0.05) is 13.3 Å². The van der Waals surface area contributed by atoms with Gasteiger partial charge in [0.2, 0.25) is 0 Å². The van der Waals surface area contributed by atoms with E-state index in [0.717, 1.165) is 49.0 Å². The molecule has 1 saturated heterocycles. The molecule has 0 radical (unpaired) electrons. The van der Waals surface area contributed by atoms with Crippen LogP contribution in [0.15, 0.2) is 12.1 Å². The zero-order valence-corrected chi connectivity index (χ0v) is 16.0. The maximum atomic E-state index is 12.7. The third-order valence-electron chi connectivity index (χ3n) is 5.02. The lowest BCUT2D eigenvalue weighted by Crippen LogP contribution is -2.40. The first-order valence-electron chi connectivity index (χ1n) is 9.67. The number of anilines is 1. The minimum Gasteiger partial charge on any atom is -0.378 e. The number of carbonyl (C=O) groups excluding carboxylic acids is 1. The Bertz CT molecular complexity index is 828. The minimum absolute atomic E-state index is 0.00476. The zero-order valence-electron chi connectivity index (χ0n) is 16.0. The molecular weight excluding hydrogens is 344 g/mol. The van der Waals surface area contributed by atoms with E-state index in [0.29, 0.717) is 38.5 Å². The third-order valence-corrected chi connectivity index (χ3v) is 5.02. The van der Waals surface area contributed by atoms with Crippen molar-refractivity contribution in [3.8, 4) is 0 Å². The Balaban J connectivity index is 1.52. The Morgan fingerprint density at radius 1 is 1.15 bits per heavy atom. The van der Waals surface area contributed by atoms with Gasteiger partial charge < -0.3 is 14.5 Å². The molecule has 0 spiro atoms. The smallest absolute Gasteiger partial charge is 0.274 e. The van der Waals surface area contributed by atoms with Crippen molar-refractivity contribution in [3.05, 3.63) is 35.0 Å². The highest BCUT2D eigenvalue weighted by atomic mass is 16.5. The third kappa shape index (κ3) is 3.80.